The van der Waals surface area contributed by atoms with E-state index in [0.717, 1.165) is 36.7 Å². The maximum Gasteiger partial charge on any atom is 0.0547 e. The standard InChI is InChI=1S/C16H21N3/c1-3-19(11-14-7-5-8-15(17)10-14)12-16-9-4-6-13(2)18-16/h4-10H,3,11-12,17H2,1-2H3. The molecule has 0 bridgehead atoms. The molecule has 0 unspecified atom stereocenters. The van der Waals surface area contributed by atoms with Gasteiger partial charge in [0.05, 0.1) is 5.69 Å². The van der Waals surface area contributed by atoms with Crippen LogP contribution in [0.3, 0.4) is 0 Å². The SMILES string of the molecule is CCN(Cc1cccc(N)c1)Cc1cccc(C)n1. The van der Waals surface area contributed by atoms with E-state index in [2.05, 4.69) is 35.0 Å². The number of nitrogen functional groups attached to an aromatic ring is 1. The molecule has 3 heteroatoms. The van der Waals surface area contributed by atoms with E-state index in [1.54, 1.807) is 0 Å². The molecule has 1 aromatic carbocycles. The number of aromatic nitrogens is 1. The van der Waals surface area contributed by atoms with Gasteiger partial charge in [0.1, 0.15) is 0 Å². The predicted molar refractivity (Wildman–Crippen MR) is 79.6 cm³/mol. The van der Waals surface area contributed by atoms with Gasteiger partial charge in [-0.15, -0.1) is 0 Å². The van der Waals surface area contributed by atoms with Gasteiger partial charge in [0, 0.05) is 24.5 Å². The highest BCUT2D eigenvalue weighted by molar-refractivity contribution is 5.40. The minimum absolute atomic E-state index is 0.822. The Morgan fingerprint density at radius 3 is 2.58 bits per heavy atom. The molecule has 0 aliphatic carbocycles. The van der Waals surface area contributed by atoms with Crippen LogP contribution in [0.5, 0.6) is 0 Å². The van der Waals surface area contributed by atoms with Crippen LogP contribution in [0, 0.1) is 6.92 Å². The van der Waals surface area contributed by atoms with Crippen LogP contribution in [0.4, 0.5) is 5.69 Å². The largest absolute Gasteiger partial charge is 0.399 e. The molecular formula is C16H21N3. The van der Waals surface area contributed by atoms with Crippen molar-refractivity contribution >= 4 is 5.69 Å². The van der Waals surface area contributed by atoms with Crippen LogP contribution in [-0.4, -0.2) is 16.4 Å². The van der Waals surface area contributed by atoms with Crippen molar-refractivity contribution in [2.24, 2.45) is 0 Å². The molecule has 0 aliphatic heterocycles. The highest BCUT2D eigenvalue weighted by Gasteiger charge is 2.06. The number of nitrogens with two attached hydrogens (primary N) is 1. The van der Waals surface area contributed by atoms with Gasteiger partial charge >= 0.3 is 0 Å². The zero-order valence-corrected chi connectivity index (χ0v) is 11.6. The molecule has 0 aliphatic rings. The summed E-state index contributed by atoms with van der Waals surface area (Å²) < 4.78 is 0. The van der Waals surface area contributed by atoms with Gasteiger partial charge in [-0.3, -0.25) is 9.88 Å². The van der Waals surface area contributed by atoms with Gasteiger partial charge < -0.3 is 5.73 Å². The van der Waals surface area contributed by atoms with Crippen molar-refractivity contribution < 1.29 is 0 Å². The minimum atomic E-state index is 0.822. The van der Waals surface area contributed by atoms with Crippen LogP contribution < -0.4 is 5.73 Å². The van der Waals surface area contributed by atoms with Crippen LogP contribution in [0.25, 0.3) is 0 Å². The lowest BCUT2D eigenvalue weighted by Gasteiger charge is -2.20. The molecule has 0 spiro atoms. The van der Waals surface area contributed by atoms with E-state index in [-0.39, 0.29) is 0 Å². The van der Waals surface area contributed by atoms with Gasteiger partial charge in [-0.2, -0.15) is 0 Å². The Balaban J connectivity index is 2.04. The fourth-order valence-corrected chi connectivity index (χ4v) is 2.15. The molecule has 0 fully saturated rings. The number of hydrogen-bond acceptors (Lipinski definition) is 3. The van der Waals surface area contributed by atoms with Crippen LogP contribution in [0.1, 0.15) is 23.9 Å². The van der Waals surface area contributed by atoms with Crippen molar-refractivity contribution in [2.45, 2.75) is 26.9 Å². The van der Waals surface area contributed by atoms with Crippen LogP contribution in [0.2, 0.25) is 0 Å². The van der Waals surface area contributed by atoms with Crippen molar-refractivity contribution in [2.75, 3.05) is 12.3 Å². The molecule has 0 saturated heterocycles. The molecule has 2 N–H and O–H groups in total. The molecular weight excluding hydrogens is 234 g/mol. The van der Waals surface area contributed by atoms with E-state index in [9.17, 15) is 0 Å². The molecule has 1 heterocycles. The van der Waals surface area contributed by atoms with E-state index in [4.69, 9.17) is 5.73 Å². The fourth-order valence-electron chi connectivity index (χ4n) is 2.15. The summed E-state index contributed by atoms with van der Waals surface area (Å²) in [5.41, 5.74) is 10.1. The van der Waals surface area contributed by atoms with Crippen LogP contribution in [-0.2, 0) is 13.1 Å². The van der Waals surface area contributed by atoms with Gasteiger partial charge in [-0.05, 0) is 43.3 Å². The number of benzene rings is 1. The molecule has 0 saturated carbocycles. The van der Waals surface area contributed by atoms with E-state index in [1.165, 1.54) is 5.56 Å². The Kier molecular flexibility index (Phi) is 4.53. The number of anilines is 1. The zero-order chi connectivity index (χ0) is 13.7. The summed E-state index contributed by atoms with van der Waals surface area (Å²) in [6.45, 7) is 6.95. The highest BCUT2D eigenvalue weighted by atomic mass is 15.1. The quantitative estimate of drug-likeness (QED) is 0.835. The summed E-state index contributed by atoms with van der Waals surface area (Å²) in [6, 6.07) is 14.2. The van der Waals surface area contributed by atoms with Gasteiger partial charge in [0.15, 0.2) is 0 Å². The summed E-state index contributed by atoms with van der Waals surface area (Å²) in [7, 11) is 0. The van der Waals surface area contributed by atoms with Crippen molar-refractivity contribution in [1.82, 2.24) is 9.88 Å². The summed E-state index contributed by atoms with van der Waals surface area (Å²) >= 11 is 0. The fraction of sp³-hybridized carbons (Fsp3) is 0.312. The number of aryl methyl sites for hydroxylation is 1. The first kappa shape index (κ1) is 13.6. The number of hydrogen-bond donors (Lipinski definition) is 1. The zero-order valence-electron chi connectivity index (χ0n) is 11.6. The molecule has 0 radical (unpaired) electrons. The van der Waals surface area contributed by atoms with E-state index < -0.39 is 0 Å². The van der Waals surface area contributed by atoms with Crippen molar-refractivity contribution in [3.63, 3.8) is 0 Å². The lowest BCUT2D eigenvalue weighted by molar-refractivity contribution is 0.268. The smallest absolute Gasteiger partial charge is 0.0547 e. The molecule has 2 aromatic rings. The molecule has 2 rings (SSSR count). The van der Waals surface area contributed by atoms with Crippen LogP contribution in [0.15, 0.2) is 42.5 Å². The Morgan fingerprint density at radius 2 is 1.89 bits per heavy atom. The summed E-state index contributed by atoms with van der Waals surface area (Å²) in [4.78, 5) is 6.91. The normalized spacial score (nSPS) is 10.9. The van der Waals surface area contributed by atoms with Gasteiger partial charge in [-0.25, -0.2) is 0 Å². The third-order valence-corrected chi connectivity index (χ3v) is 3.14. The van der Waals surface area contributed by atoms with Crippen LogP contribution >= 0.6 is 0 Å². The van der Waals surface area contributed by atoms with Gasteiger partial charge in [-0.1, -0.05) is 25.1 Å². The first-order chi connectivity index (χ1) is 9.17. The second-order valence-electron chi connectivity index (χ2n) is 4.82. The maximum absolute atomic E-state index is 5.82. The lowest BCUT2D eigenvalue weighted by Crippen LogP contribution is -2.23. The summed E-state index contributed by atoms with van der Waals surface area (Å²) in [5.74, 6) is 0. The molecule has 19 heavy (non-hydrogen) atoms. The Morgan fingerprint density at radius 1 is 1.11 bits per heavy atom. The second-order valence-corrected chi connectivity index (χ2v) is 4.82. The van der Waals surface area contributed by atoms with Crippen molar-refractivity contribution in [3.05, 3.63) is 59.4 Å². The number of nitrogens with zero attached hydrogens (tertiary/aromatic N) is 2. The summed E-state index contributed by atoms with van der Waals surface area (Å²) in [5, 5.41) is 0. The average molecular weight is 255 g/mol. The average Bonchev–Trinajstić information content (AvgIpc) is 2.38. The molecule has 0 amide bonds. The maximum atomic E-state index is 5.82. The van der Waals surface area contributed by atoms with E-state index in [1.807, 2.05) is 31.2 Å². The van der Waals surface area contributed by atoms with Gasteiger partial charge in [0.2, 0.25) is 0 Å². The summed E-state index contributed by atoms with van der Waals surface area (Å²) in [6.07, 6.45) is 0. The molecule has 0 atom stereocenters. The highest BCUT2D eigenvalue weighted by Crippen LogP contribution is 2.11. The predicted octanol–water partition coefficient (Wildman–Crippen LogP) is 2.99. The number of pyridine rings is 1. The van der Waals surface area contributed by atoms with Crippen molar-refractivity contribution in [1.29, 1.82) is 0 Å². The van der Waals surface area contributed by atoms with E-state index >= 15 is 0 Å². The number of rotatable bonds is 5. The van der Waals surface area contributed by atoms with E-state index in [0.29, 0.717) is 0 Å². The molecule has 100 valence electrons. The Hall–Kier alpha value is -1.87. The monoisotopic (exact) mass is 255 g/mol. The lowest BCUT2D eigenvalue weighted by atomic mass is 10.2. The molecule has 1 aromatic heterocycles. The van der Waals surface area contributed by atoms with Crippen molar-refractivity contribution in [3.8, 4) is 0 Å². The minimum Gasteiger partial charge on any atom is -0.399 e. The third kappa shape index (κ3) is 4.07. The topological polar surface area (TPSA) is 42.1 Å². The Bertz CT molecular complexity index is 490. The third-order valence-electron chi connectivity index (χ3n) is 3.14. The first-order valence-electron chi connectivity index (χ1n) is 6.66. The second kappa shape index (κ2) is 6.34. The molecule has 3 nitrogen and oxygen atoms in total. The van der Waals surface area contributed by atoms with Gasteiger partial charge in [0.25, 0.3) is 0 Å². The first-order valence-corrected chi connectivity index (χ1v) is 6.66. The Labute approximate surface area is 115 Å².